The fourth-order valence-corrected chi connectivity index (χ4v) is 5.31. The summed E-state index contributed by atoms with van der Waals surface area (Å²) >= 11 is 0. The van der Waals surface area contributed by atoms with Gasteiger partial charge in [0, 0.05) is 0 Å². The Morgan fingerprint density at radius 3 is 2.56 bits per heavy atom. The van der Waals surface area contributed by atoms with Crippen LogP contribution in [-0.2, 0) is 11.8 Å². The third-order valence-electron chi connectivity index (χ3n) is 6.51. The molecule has 3 aliphatic rings. The first-order chi connectivity index (χ1) is 13.4. The molecule has 0 bridgehead atoms. The monoisotopic (exact) mass is 350 g/mol. The predicted molar refractivity (Wildman–Crippen MR) is 115 cm³/mol. The molecule has 0 aromatic heterocycles. The van der Waals surface area contributed by atoms with Crippen molar-refractivity contribution in [2.24, 2.45) is 0 Å². The maximum absolute atomic E-state index is 2.49. The number of fused-ring (bicyclic) bond motifs is 2. The molecule has 0 nitrogen and oxygen atoms in total. The van der Waals surface area contributed by atoms with Crippen LogP contribution < -0.4 is 0 Å². The molecule has 2 aromatic rings. The van der Waals surface area contributed by atoms with Crippen molar-refractivity contribution in [1.82, 2.24) is 0 Å². The molecule has 0 aliphatic heterocycles. The van der Waals surface area contributed by atoms with E-state index >= 15 is 0 Å². The Hall–Kier alpha value is -2.60. The van der Waals surface area contributed by atoms with Crippen molar-refractivity contribution in [2.75, 3.05) is 0 Å². The molecule has 0 heteroatoms. The van der Waals surface area contributed by atoms with Crippen molar-refractivity contribution in [3.8, 4) is 0 Å². The average Bonchev–Trinajstić information content (AvgIpc) is 3.05. The largest absolute Gasteiger partial charge is 0.0842 e. The highest BCUT2D eigenvalue weighted by Gasteiger charge is 2.48. The fourth-order valence-electron chi connectivity index (χ4n) is 5.31. The lowest BCUT2D eigenvalue weighted by molar-refractivity contribution is 0.644. The normalized spacial score (nSPS) is 23.2. The van der Waals surface area contributed by atoms with E-state index < -0.39 is 0 Å². The smallest absolute Gasteiger partial charge is 0.0639 e. The van der Waals surface area contributed by atoms with Crippen LogP contribution in [0.15, 0.2) is 90.1 Å². The van der Waals surface area contributed by atoms with Gasteiger partial charge in [-0.05, 0) is 65.5 Å². The summed E-state index contributed by atoms with van der Waals surface area (Å²) < 4.78 is 0. The Morgan fingerprint density at radius 2 is 1.78 bits per heavy atom. The van der Waals surface area contributed by atoms with Crippen molar-refractivity contribution in [3.63, 3.8) is 0 Å². The number of hydrogen-bond acceptors (Lipinski definition) is 0. The fraction of sp³-hybridized carbons (Fsp3) is 0.259. The van der Waals surface area contributed by atoms with Crippen molar-refractivity contribution >= 4 is 5.57 Å². The van der Waals surface area contributed by atoms with Crippen LogP contribution in [0, 0.1) is 0 Å². The second-order valence-electron chi connectivity index (χ2n) is 7.84. The lowest BCUT2D eigenvalue weighted by Crippen LogP contribution is -2.32. The molecule has 27 heavy (non-hydrogen) atoms. The summed E-state index contributed by atoms with van der Waals surface area (Å²) in [7, 11) is 0. The minimum atomic E-state index is -0.0906. The van der Waals surface area contributed by atoms with Gasteiger partial charge >= 0.3 is 0 Å². The predicted octanol–water partition coefficient (Wildman–Crippen LogP) is 6.93. The molecular weight excluding hydrogens is 324 g/mol. The van der Waals surface area contributed by atoms with E-state index in [2.05, 4.69) is 85.8 Å². The van der Waals surface area contributed by atoms with Gasteiger partial charge in [-0.15, -0.1) is 0 Å². The Balaban J connectivity index is 1.89. The molecule has 1 unspecified atom stereocenters. The zero-order chi connectivity index (χ0) is 18.3. The van der Waals surface area contributed by atoms with Crippen LogP contribution in [0.3, 0.4) is 0 Å². The zero-order valence-corrected chi connectivity index (χ0v) is 16.0. The van der Waals surface area contributed by atoms with E-state index in [0.29, 0.717) is 0 Å². The minimum Gasteiger partial charge on any atom is -0.0842 e. The van der Waals surface area contributed by atoms with Crippen molar-refractivity contribution < 1.29 is 0 Å². The van der Waals surface area contributed by atoms with Crippen LogP contribution in [0.25, 0.3) is 5.57 Å². The van der Waals surface area contributed by atoms with Crippen LogP contribution in [0.2, 0.25) is 0 Å². The zero-order valence-electron chi connectivity index (χ0n) is 16.0. The van der Waals surface area contributed by atoms with E-state index in [9.17, 15) is 0 Å². The number of allylic oxidation sites excluding steroid dienone is 8. The van der Waals surface area contributed by atoms with E-state index in [1.165, 1.54) is 27.8 Å². The standard InChI is InChI=1S/C27H26/c1-2-20-17-18-24-23-15-9-10-16-25(23)27(26(24)19-20,21-11-5-3-6-12-21)22-13-7-4-8-14-22/h3-7,9,11-13,15,17-19H,2,8,10,14,16H2,1H3. The molecule has 2 aromatic carbocycles. The van der Waals surface area contributed by atoms with E-state index in [-0.39, 0.29) is 5.41 Å². The van der Waals surface area contributed by atoms with Gasteiger partial charge in [-0.3, -0.25) is 0 Å². The van der Waals surface area contributed by atoms with Crippen LogP contribution in [0.5, 0.6) is 0 Å². The summed E-state index contributed by atoms with van der Waals surface area (Å²) in [4.78, 5) is 0. The second kappa shape index (κ2) is 6.53. The quantitative estimate of drug-likeness (QED) is 0.563. The molecule has 0 amide bonds. The van der Waals surface area contributed by atoms with Crippen LogP contribution >= 0.6 is 0 Å². The molecule has 134 valence electrons. The molecule has 0 saturated carbocycles. The van der Waals surface area contributed by atoms with Gasteiger partial charge in [0.2, 0.25) is 0 Å². The van der Waals surface area contributed by atoms with Crippen LogP contribution in [-0.4, -0.2) is 0 Å². The number of benzene rings is 2. The van der Waals surface area contributed by atoms with Gasteiger partial charge in [0.1, 0.15) is 0 Å². The number of aryl methyl sites for hydroxylation is 1. The summed E-state index contributed by atoms with van der Waals surface area (Å²) in [5.74, 6) is 0. The lowest BCUT2D eigenvalue weighted by Gasteiger charge is -2.39. The summed E-state index contributed by atoms with van der Waals surface area (Å²) in [5.41, 5.74) is 10.4. The third-order valence-corrected chi connectivity index (χ3v) is 6.51. The Kier molecular flexibility index (Phi) is 4.01. The minimum absolute atomic E-state index is 0.0906. The molecule has 0 radical (unpaired) electrons. The van der Waals surface area contributed by atoms with Gasteiger partial charge in [-0.1, -0.05) is 91.4 Å². The maximum Gasteiger partial charge on any atom is 0.0639 e. The molecule has 0 fully saturated rings. The number of hydrogen-bond donors (Lipinski definition) is 0. The summed E-state index contributed by atoms with van der Waals surface area (Å²) in [5, 5.41) is 0. The summed E-state index contributed by atoms with van der Waals surface area (Å²) in [6.45, 7) is 2.26. The van der Waals surface area contributed by atoms with Gasteiger partial charge in [-0.25, -0.2) is 0 Å². The molecule has 1 atom stereocenters. The first-order valence-corrected chi connectivity index (χ1v) is 10.3. The van der Waals surface area contributed by atoms with Crippen LogP contribution in [0.4, 0.5) is 0 Å². The van der Waals surface area contributed by atoms with E-state index in [1.807, 2.05) is 0 Å². The SMILES string of the molecule is CCc1ccc2c(c1)C(C1=CC=CCC1)(c1ccccc1)C1=C2C=CCC1. The molecule has 3 aliphatic carbocycles. The van der Waals surface area contributed by atoms with Crippen molar-refractivity contribution in [1.29, 1.82) is 0 Å². The van der Waals surface area contributed by atoms with Gasteiger partial charge < -0.3 is 0 Å². The van der Waals surface area contributed by atoms with Crippen LogP contribution in [0.1, 0.15) is 54.9 Å². The van der Waals surface area contributed by atoms with Crippen molar-refractivity contribution in [3.05, 3.63) is 112 Å². The molecule has 0 spiro atoms. The van der Waals surface area contributed by atoms with Gasteiger partial charge in [0.25, 0.3) is 0 Å². The van der Waals surface area contributed by atoms with Gasteiger partial charge in [-0.2, -0.15) is 0 Å². The van der Waals surface area contributed by atoms with Gasteiger partial charge in [0.15, 0.2) is 0 Å². The molecule has 0 saturated heterocycles. The molecule has 0 heterocycles. The molecule has 0 N–H and O–H groups in total. The Labute approximate surface area is 162 Å². The topological polar surface area (TPSA) is 0 Å². The molecule has 5 rings (SSSR count). The van der Waals surface area contributed by atoms with Gasteiger partial charge in [0.05, 0.1) is 5.41 Å². The summed E-state index contributed by atoms with van der Waals surface area (Å²) in [6.07, 6.45) is 17.4. The Morgan fingerprint density at radius 1 is 0.926 bits per heavy atom. The van der Waals surface area contributed by atoms with E-state index in [4.69, 9.17) is 0 Å². The highest BCUT2D eigenvalue weighted by Crippen LogP contribution is 2.58. The maximum atomic E-state index is 2.49. The summed E-state index contributed by atoms with van der Waals surface area (Å²) in [6, 6.07) is 18.4. The second-order valence-corrected chi connectivity index (χ2v) is 7.84. The first-order valence-electron chi connectivity index (χ1n) is 10.3. The number of rotatable bonds is 3. The Bertz CT molecular complexity index is 998. The average molecular weight is 351 g/mol. The lowest BCUT2D eigenvalue weighted by atomic mass is 9.63. The molecular formula is C27H26. The van der Waals surface area contributed by atoms with E-state index in [1.54, 1.807) is 11.1 Å². The highest BCUT2D eigenvalue weighted by molar-refractivity contribution is 5.90. The van der Waals surface area contributed by atoms with Crippen molar-refractivity contribution in [2.45, 2.75) is 44.4 Å². The first kappa shape index (κ1) is 16.6. The van der Waals surface area contributed by atoms with E-state index in [0.717, 1.165) is 32.1 Å². The third kappa shape index (κ3) is 2.36. The highest BCUT2D eigenvalue weighted by atomic mass is 14.5.